The van der Waals surface area contributed by atoms with Gasteiger partial charge in [0.25, 0.3) is 0 Å². The highest BCUT2D eigenvalue weighted by Gasteiger charge is 2.43. The average Bonchev–Trinajstić information content (AvgIpc) is 3.09. The molecule has 2 atom stereocenters. The summed E-state index contributed by atoms with van der Waals surface area (Å²) in [4.78, 5) is 9.57. The van der Waals surface area contributed by atoms with Crippen molar-refractivity contribution in [2.24, 2.45) is 10.4 Å². The summed E-state index contributed by atoms with van der Waals surface area (Å²) in [5, 5.41) is 3.64. The van der Waals surface area contributed by atoms with E-state index in [4.69, 9.17) is 4.74 Å². The summed E-state index contributed by atoms with van der Waals surface area (Å²) in [7, 11) is 1.91. The van der Waals surface area contributed by atoms with Gasteiger partial charge in [-0.05, 0) is 49.7 Å². The summed E-state index contributed by atoms with van der Waals surface area (Å²) < 4.78 is 5.89. The quantitative estimate of drug-likeness (QED) is 0.639. The van der Waals surface area contributed by atoms with E-state index in [2.05, 4.69) is 58.2 Å². The number of ether oxygens (including phenoxy) is 1. The van der Waals surface area contributed by atoms with Crippen molar-refractivity contribution in [2.75, 3.05) is 33.2 Å². The molecule has 0 bridgehead atoms. The second-order valence-corrected chi connectivity index (χ2v) is 9.15. The monoisotopic (exact) mass is 384 g/mol. The Bertz CT molecular complexity index is 690. The number of likely N-dealkylation sites (tertiary alicyclic amines) is 1. The van der Waals surface area contributed by atoms with Crippen molar-refractivity contribution >= 4 is 5.96 Å². The third-order valence-electron chi connectivity index (χ3n) is 6.81. The van der Waals surface area contributed by atoms with Crippen molar-refractivity contribution in [3.05, 3.63) is 35.4 Å². The third-order valence-corrected chi connectivity index (χ3v) is 6.81. The van der Waals surface area contributed by atoms with Crippen LogP contribution in [0.25, 0.3) is 0 Å². The molecule has 4 rings (SSSR count). The molecular formula is C23H36N4O. The van der Waals surface area contributed by atoms with E-state index >= 15 is 0 Å². The van der Waals surface area contributed by atoms with Crippen molar-refractivity contribution < 1.29 is 4.74 Å². The van der Waals surface area contributed by atoms with Gasteiger partial charge in [-0.2, -0.15) is 0 Å². The summed E-state index contributed by atoms with van der Waals surface area (Å²) in [5.74, 6) is 1.06. The molecule has 2 unspecified atom stereocenters. The van der Waals surface area contributed by atoms with E-state index in [1.807, 2.05) is 7.05 Å². The van der Waals surface area contributed by atoms with E-state index in [9.17, 15) is 0 Å². The van der Waals surface area contributed by atoms with E-state index in [-0.39, 0.29) is 0 Å². The first-order valence-electron chi connectivity index (χ1n) is 11.0. The lowest BCUT2D eigenvalue weighted by molar-refractivity contribution is -0.0705. The van der Waals surface area contributed by atoms with Gasteiger partial charge in [0.2, 0.25) is 0 Å². The number of hydrogen-bond acceptors (Lipinski definition) is 3. The Balaban J connectivity index is 1.37. The number of hydrogen-bond donors (Lipinski definition) is 1. The molecule has 1 spiro atoms. The van der Waals surface area contributed by atoms with Gasteiger partial charge in [0.05, 0.1) is 12.2 Å². The molecule has 1 aromatic carbocycles. The molecule has 3 aliphatic rings. The number of aliphatic imine (C=N–C) groups is 1. The molecule has 28 heavy (non-hydrogen) atoms. The first-order valence-corrected chi connectivity index (χ1v) is 11.0. The minimum atomic E-state index is 0.307. The Hall–Kier alpha value is -1.59. The van der Waals surface area contributed by atoms with Crippen LogP contribution in [0.2, 0.25) is 0 Å². The molecule has 2 saturated heterocycles. The highest BCUT2D eigenvalue weighted by Crippen LogP contribution is 2.47. The lowest BCUT2D eigenvalue weighted by atomic mass is 9.68. The third kappa shape index (κ3) is 4.36. The fourth-order valence-corrected chi connectivity index (χ4v) is 5.25. The standard InChI is InChI=1S/C23H36N4O/c1-18-14-26(15-19(2)28-18)16-21-8-5-4-7-20(21)13-25-22(24-3)27-12-11-23(17-27)9-6-10-23/h4-5,7-8,18-19H,6,9-17H2,1-3H3,(H,24,25). The van der Waals surface area contributed by atoms with Gasteiger partial charge in [0.1, 0.15) is 0 Å². The van der Waals surface area contributed by atoms with Crippen LogP contribution in [0, 0.1) is 5.41 Å². The second kappa shape index (κ2) is 8.42. The molecule has 0 radical (unpaired) electrons. The Morgan fingerprint density at radius 2 is 1.86 bits per heavy atom. The summed E-state index contributed by atoms with van der Waals surface area (Å²) in [6.07, 6.45) is 6.16. The Morgan fingerprint density at radius 1 is 1.14 bits per heavy atom. The van der Waals surface area contributed by atoms with Crippen LogP contribution < -0.4 is 5.32 Å². The number of benzene rings is 1. The zero-order valence-electron chi connectivity index (χ0n) is 17.8. The van der Waals surface area contributed by atoms with Gasteiger partial charge in [-0.1, -0.05) is 30.7 Å². The fraction of sp³-hybridized carbons (Fsp3) is 0.696. The van der Waals surface area contributed by atoms with Crippen LogP contribution in [0.3, 0.4) is 0 Å². The largest absolute Gasteiger partial charge is 0.373 e. The van der Waals surface area contributed by atoms with Gasteiger partial charge < -0.3 is 15.0 Å². The molecular weight excluding hydrogens is 348 g/mol. The van der Waals surface area contributed by atoms with E-state index < -0.39 is 0 Å². The van der Waals surface area contributed by atoms with Crippen LogP contribution in [0.15, 0.2) is 29.3 Å². The van der Waals surface area contributed by atoms with Gasteiger partial charge in [-0.3, -0.25) is 9.89 Å². The molecule has 0 aromatic heterocycles. The molecule has 2 heterocycles. The average molecular weight is 385 g/mol. The SMILES string of the molecule is CN=C(NCc1ccccc1CN1CC(C)OC(C)C1)N1CCC2(CCC2)C1. The van der Waals surface area contributed by atoms with E-state index in [1.54, 1.807) is 0 Å². The maximum absolute atomic E-state index is 5.89. The molecule has 3 fully saturated rings. The number of morpholine rings is 1. The second-order valence-electron chi connectivity index (χ2n) is 9.15. The number of guanidine groups is 1. The van der Waals surface area contributed by atoms with E-state index in [1.165, 1.54) is 43.4 Å². The maximum Gasteiger partial charge on any atom is 0.193 e. The lowest BCUT2D eigenvalue weighted by Crippen LogP contribution is -2.45. The highest BCUT2D eigenvalue weighted by atomic mass is 16.5. The van der Waals surface area contributed by atoms with Crippen LogP contribution in [-0.4, -0.2) is 61.2 Å². The predicted octanol–water partition coefficient (Wildman–Crippen LogP) is 3.25. The summed E-state index contributed by atoms with van der Waals surface area (Å²) >= 11 is 0. The minimum absolute atomic E-state index is 0.307. The maximum atomic E-state index is 5.89. The predicted molar refractivity (Wildman–Crippen MR) is 114 cm³/mol. The zero-order chi connectivity index (χ0) is 19.6. The first-order chi connectivity index (χ1) is 13.6. The molecule has 154 valence electrons. The molecule has 1 aliphatic carbocycles. The van der Waals surface area contributed by atoms with Gasteiger partial charge in [0.15, 0.2) is 5.96 Å². The minimum Gasteiger partial charge on any atom is -0.373 e. The highest BCUT2D eigenvalue weighted by molar-refractivity contribution is 5.80. The van der Waals surface area contributed by atoms with Crippen LogP contribution in [0.5, 0.6) is 0 Å². The van der Waals surface area contributed by atoms with Crippen LogP contribution in [-0.2, 0) is 17.8 Å². The van der Waals surface area contributed by atoms with E-state index in [0.717, 1.165) is 38.7 Å². The topological polar surface area (TPSA) is 40.1 Å². The smallest absolute Gasteiger partial charge is 0.193 e. The molecule has 5 nitrogen and oxygen atoms in total. The normalized spacial score (nSPS) is 27.8. The Labute approximate surface area is 170 Å². The van der Waals surface area contributed by atoms with Gasteiger partial charge in [-0.25, -0.2) is 0 Å². The van der Waals surface area contributed by atoms with Crippen molar-refractivity contribution in [3.63, 3.8) is 0 Å². The molecule has 1 N–H and O–H groups in total. The first kappa shape index (κ1) is 19.7. The van der Waals surface area contributed by atoms with Crippen molar-refractivity contribution in [1.82, 2.24) is 15.1 Å². The van der Waals surface area contributed by atoms with Gasteiger partial charge in [-0.15, -0.1) is 0 Å². The molecule has 1 aromatic rings. The Morgan fingerprint density at radius 3 is 2.46 bits per heavy atom. The van der Waals surface area contributed by atoms with Crippen molar-refractivity contribution in [3.8, 4) is 0 Å². The van der Waals surface area contributed by atoms with E-state index in [0.29, 0.717) is 17.6 Å². The van der Waals surface area contributed by atoms with Crippen molar-refractivity contribution in [1.29, 1.82) is 0 Å². The number of nitrogens with one attached hydrogen (secondary N) is 1. The van der Waals surface area contributed by atoms with Gasteiger partial charge >= 0.3 is 0 Å². The molecule has 5 heteroatoms. The number of nitrogens with zero attached hydrogens (tertiary/aromatic N) is 3. The summed E-state index contributed by atoms with van der Waals surface area (Å²) in [6, 6.07) is 8.82. The van der Waals surface area contributed by atoms with Crippen LogP contribution in [0.1, 0.15) is 50.7 Å². The lowest BCUT2D eigenvalue weighted by Gasteiger charge is -2.38. The van der Waals surface area contributed by atoms with Crippen molar-refractivity contribution in [2.45, 2.75) is 64.8 Å². The fourth-order valence-electron chi connectivity index (χ4n) is 5.25. The van der Waals surface area contributed by atoms with Crippen LogP contribution in [0.4, 0.5) is 0 Å². The molecule has 2 aliphatic heterocycles. The zero-order valence-corrected chi connectivity index (χ0v) is 17.8. The molecule has 1 saturated carbocycles. The summed E-state index contributed by atoms with van der Waals surface area (Å²) in [6.45, 7) is 10.5. The Kier molecular flexibility index (Phi) is 5.93. The summed E-state index contributed by atoms with van der Waals surface area (Å²) in [5.41, 5.74) is 3.37. The molecule has 0 amide bonds. The number of rotatable bonds is 4. The van der Waals surface area contributed by atoms with Crippen LogP contribution >= 0.6 is 0 Å². The van der Waals surface area contributed by atoms with Gasteiger partial charge in [0, 0.05) is 46.3 Å².